The fourth-order valence-corrected chi connectivity index (χ4v) is 2.03. The summed E-state index contributed by atoms with van der Waals surface area (Å²) >= 11 is 0. The molecule has 0 aliphatic carbocycles. The van der Waals surface area contributed by atoms with E-state index in [1.165, 1.54) is 7.11 Å². The summed E-state index contributed by atoms with van der Waals surface area (Å²) < 4.78 is 21.3. The van der Waals surface area contributed by atoms with Crippen molar-refractivity contribution in [2.45, 2.75) is 27.7 Å². The maximum absolute atomic E-state index is 11.6. The molecule has 100 valence electrons. The molecule has 0 spiro atoms. The molecule has 0 bridgehead atoms. The monoisotopic (exact) mass is 261 g/mol. The Balaban J connectivity index is 0. The predicted octanol–water partition coefficient (Wildman–Crippen LogP) is 4.04. The molecule has 0 saturated heterocycles. The fraction of sp³-hybridized carbons (Fsp3) is 0.500. The Labute approximate surface area is 105 Å². The molecule has 1 N–H and O–H groups in total. The minimum absolute atomic E-state index is 0.225. The molecule has 1 rings (SSSR count). The van der Waals surface area contributed by atoms with Crippen LogP contribution in [0, 0.1) is 0 Å². The average molecular weight is 261 g/mol. The van der Waals surface area contributed by atoms with Gasteiger partial charge in [0.05, 0.1) is 6.61 Å². The van der Waals surface area contributed by atoms with Crippen LogP contribution in [0.2, 0.25) is 0 Å². The molecule has 0 aromatic rings. The lowest BCUT2D eigenvalue weighted by Gasteiger charge is -2.25. The Morgan fingerprint density at radius 1 is 1.29 bits per heavy atom. The molecule has 0 aromatic carbocycles. The molecule has 0 fully saturated rings. The standard InChI is InChI=1S/C8H12NO3P.2C2H6/c1-4-7-6-12-13(10,11-3)9-8(7)5-2;2*1-2/h4-5H,1-2,6H2,3H3,(H,9,10);2*1-2H3. The van der Waals surface area contributed by atoms with Gasteiger partial charge >= 0.3 is 7.75 Å². The van der Waals surface area contributed by atoms with E-state index in [0.717, 1.165) is 5.57 Å². The summed E-state index contributed by atoms with van der Waals surface area (Å²) in [5.41, 5.74) is 1.46. The highest BCUT2D eigenvalue weighted by Gasteiger charge is 2.28. The first-order chi connectivity index (χ1) is 8.15. The highest BCUT2D eigenvalue weighted by Crippen LogP contribution is 2.47. The maximum Gasteiger partial charge on any atom is 0.432 e. The van der Waals surface area contributed by atoms with Gasteiger partial charge in [-0.1, -0.05) is 46.9 Å². The van der Waals surface area contributed by atoms with Gasteiger partial charge in [0, 0.05) is 18.4 Å². The summed E-state index contributed by atoms with van der Waals surface area (Å²) in [7, 11) is -1.82. The van der Waals surface area contributed by atoms with Crippen LogP contribution in [-0.2, 0) is 13.6 Å². The number of nitrogens with one attached hydrogen (secondary N) is 1. The molecule has 0 amide bonds. The topological polar surface area (TPSA) is 47.6 Å². The maximum atomic E-state index is 11.6. The van der Waals surface area contributed by atoms with Crippen LogP contribution in [0.3, 0.4) is 0 Å². The SMILES string of the molecule is C=CC1=C(C=C)NP(=O)(OC)OC1.CC.CC. The molecule has 1 unspecified atom stereocenters. The van der Waals surface area contributed by atoms with Crippen molar-refractivity contribution >= 4 is 7.75 Å². The Bertz CT molecular complexity index is 311. The highest BCUT2D eigenvalue weighted by atomic mass is 31.2. The summed E-state index contributed by atoms with van der Waals surface area (Å²) in [5, 5.41) is 2.63. The second-order valence-corrected chi connectivity index (χ2v) is 4.25. The summed E-state index contributed by atoms with van der Waals surface area (Å²) in [5.74, 6) is 0. The Kier molecular flexibility index (Phi) is 11.3. The summed E-state index contributed by atoms with van der Waals surface area (Å²) in [6.45, 7) is 15.4. The zero-order valence-corrected chi connectivity index (χ0v) is 12.3. The van der Waals surface area contributed by atoms with Crippen molar-refractivity contribution in [1.82, 2.24) is 5.09 Å². The van der Waals surface area contributed by atoms with Gasteiger partial charge < -0.3 is 0 Å². The van der Waals surface area contributed by atoms with Gasteiger partial charge in [0.25, 0.3) is 0 Å². The average Bonchev–Trinajstić information content (AvgIpc) is 2.43. The predicted molar refractivity (Wildman–Crippen MR) is 73.8 cm³/mol. The van der Waals surface area contributed by atoms with Gasteiger partial charge in [-0.05, 0) is 6.08 Å². The zero-order valence-electron chi connectivity index (χ0n) is 11.4. The summed E-state index contributed by atoms with van der Waals surface area (Å²) in [6.07, 6.45) is 3.19. The van der Waals surface area contributed by atoms with E-state index < -0.39 is 7.75 Å². The van der Waals surface area contributed by atoms with Crippen LogP contribution in [0.5, 0.6) is 0 Å². The number of hydrogen-bond acceptors (Lipinski definition) is 3. The molecule has 5 heteroatoms. The lowest BCUT2D eigenvalue weighted by Crippen LogP contribution is -2.20. The van der Waals surface area contributed by atoms with Crippen molar-refractivity contribution in [2.75, 3.05) is 13.7 Å². The van der Waals surface area contributed by atoms with Gasteiger partial charge in [0.1, 0.15) is 0 Å². The highest BCUT2D eigenvalue weighted by molar-refractivity contribution is 7.51. The van der Waals surface area contributed by atoms with E-state index in [9.17, 15) is 4.57 Å². The lowest BCUT2D eigenvalue weighted by atomic mass is 10.2. The minimum atomic E-state index is -3.14. The van der Waals surface area contributed by atoms with Crippen molar-refractivity contribution in [1.29, 1.82) is 0 Å². The second-order valence-electron chi connectivity index (χ2n) is 2.41. The van der Waals surface area contributed by atoms with E-state index in [1.54, 1.807) is 12.2 Å². The van der Waals surface area contributed by atoms with E-state index in [-0.39, 0.29) is 6.61 Å². The molecule has 1 aliphatic rings. The first kappa shape index (κ1) is 18.5. The van der Waals surface area contributed by atoms with E-state index in [1.807, 2.05) is 27.7 Å². The summed E-state index contributed by atoms with van der Waals surface area (Å²) in [6, 6.07) is 0. The molecule has 1 aliphatic heterocycles. The van der Waals surface area contributed by atoms with E-state index in [0.29, 0.717) is 5.70 Å². The summed E-state index contributed by atoms with van der Waals surface area (Å²) in [4.78, 5) is 0. The first-order valence-corrected chi connectivity index (χ1v) is 7.26. The molecule has 4 nitrogen and oxygen atoms in total. The Hall–Kier alpha value is -0.830. The van der Waals surface area contributed by atoms with Crippen LogP contribution in [0.25, 0.3) is 0 Å². The third-order valence-corrected chi connectivity index (χ3v) is 3.15. The third-order valence-electron chi connectivity index (χ3n) is 1.68. The second kappa shape index (κ2) is 10.3. The van der Waals surface area contributed by atoms with Crippen LogP contribution in [-0.4, -0.2) is 13.7 Å². The zero-order chi connectivity index (χ0) is 13.9. The molecular formula is C12H24NO3P. The molecule has 0 radical (unpaired) electrons. The van der Waals surface area contributed by atoms with Crippen molar-refractivity contribution in [3.63, 3.8) is 0 Å². The molecule has 1 atom stereocenters. The van der Waals surface area contributed by atoms with Crippen LogP contribution in [0.4, 0.5) is 0 Å². The molecule has 1 heterocycles. The largest absolute Gasteiger partial charge is 0.432 e. The van der Waals surface area contributed by atoms with Gasteiger partial charge in [-0.25, -0.2) is 4.57 Å². The van der Waals surface area contributed by atoms with Gasteiger partial charge in [0.2, 0.25) is 0 Å². The molecular weight excluding hydrogens is 237 g/mol. The van der Waals surface area contributed by atoms with E-state index in [4.69, 9.17) is 9.05 Å². The van der Waals surface area contributed by atoms with Gasteiger partial charge in [-0.3, -0.25) is 14.1 Å². The minimum Gasteiger partial charge on any atom is -0.296 e. The van der Waals surface area contributed by atoms with Crippen LogP contribution in [0.15, 0.2) is 36.6 Å². The number of rotatable bonds is 3. The van der Waals surface area contributed by atoms with Crippen molar-refractivity contribution < 1.29 is 13.6 Å². The van der Waals surface area contributed by atoms with Gasteiger partial charge in [-0.2, -0.15) is 0 Å². The Morgan fingerprint density at radius 3 is 2.18 bits per heavy atom. The number of hydrogen-bond donors (Lipinski definition) is 1. The van der Waals surface area contributed by atoms with Crippen LogP contribution in [0.1, 0.15) is 27.7 Å². The number of allylic oxidation sites excluding steroid dienone is 1. The molecule has 17 heavy (non-hydrogen) atoms. The first-order valence-electron chi connectivity index (χ1n) is 5.72. The van der Waals surface area contributed by atoms with Crippen LogP contribution >= 0.6 is 7.75 Å². The molecule has 0 aromatic heterocycles. The smallest absolute Gasteiger partial charge is 0.296 e. The van der Waals surface area contributed by atoms with E-state index >= 15 is 0 Å². The Morgan fingerprint density at radius 2 is 1.82 bits per heavy atom. The van der Waals surface area contributed by atoms with Crippen LogP contribution < -0.4 is 5.09 Å². The quantitative estimate of drug-likeness (QED) is 0.779. The van der Waals surface area contributed by atoms with Gasteiger partial charge in [0.15, 0.2) is 0 Å². The van der Waals surface area contributed by atoms with Gasteiger partial charge in [-0.15, -0.1) is 0 Å². The molecule has 0 saturated carbocycles. The van der Waals surface area contributed by atoms with Crippen molar-refractivity contribution in [3.05, 3.63) is 36.6 Å². The lowest BCUT2D eigenvalue weighted by molar-refractivity contribution is 0.237. The van der Waals surface area contributed by atoms with Crippen molar-refractivity contribution in [3.8, 4) is 0 Å². The van der Waals surface area contributed by atoms with Crippen molar-refractivity contribution in [2.24, 2.45) is 0 Å². The normalized spacial score (nSPS) is 22.2. The fourth-order valence-electron chi connectivity index (χ4n) is 0.928. The third kappa shape index (κ3) is 5.87. The van der Waals surface area contributed by atoms with E-state index in [2.05, 4.69) is 18.2 Å².